The van der Waals surface area contributed by atoms with Crippen LogP contribution in [0.5, 0.6) is 0 Å². The number of esters is 1. The van der Waals surface area contributed by atoms with Crippen LogP contribution < -0.4 is 0 Å². The van der Waals surface area contributed by atoms with Gasteiger partial charge in [0.25, 0.3) is 0 Å². The van der Waals surface area contributed by atoms with Crippen molar-refractivity contribution in [3.8, 4) is 0 Å². The molecule has 3 rings (SSSR count). The van der Waals surface area contributed by atoms with Gasteiger partial charge >= 0.3 is 5.97 Å². The molecule has 1 atom stereocenters. The van der Waals surface area contributed by atoms with Crippen LogP contribution in [0.1, 0.15) is 24.0 Å². The predicted octanol–water partition coefficient (Wildman–Crippen LogP) is 3.03. The van der Waals surface area contributed by atoms with Gasteiger partial charge < -0.3 is 4.74 Å². The van der Waals surface area contributed by atoms with E-state index >= 15 is 0 Å². The highest BCUT2D eigenvalue weighted by Gasteiger charge is 2.40. The first kappa shape index (κ1) is 18.5. The molecule has 138 valence electrons. The van der Waals surface area contributed by atoms with Crippen molar-refractivity contribution in [3.63, 3.8) is 0 Å². The number of ether oxygens (including phenoxy) is 1. The molecule has 0 saturated carbocycles. The number of benzene rings is 2. The Morgan fingerprint density at radius 1 is 1.15 bits per heavy atom. The highest BCUT2D eigenvalue weighted by atomic mass is 32.2. The first-order valence-electron chi connectivity index (χ1n) is 8.37. The van der Waals surface area contributed by atoms with Crippen molar-refractivity contribution in [2.45, 2.75) is 37.3 Å². The molecule has 0 bridgehead atoms. The highest BCUT2D eigenvalue weighted by molar-refractivity contribution is 7.89. The SMILES string of the molecule is Cc1ccc(COC(=O)[C@@H]2CCCN2S(=O)(=O)c2ccc(F)cc2)cc1. The molecule has 7 heteroatoms. The Morgan fingerprint density at radius 3 is 2.46 bits per heavy atom. The standard InChI is InChI=1S/C19H20FNO4S/c1-14-4-6-15(7-5-14)13-25-19(22)18-3-2-12-21(18)26(23,24)17-10-8-16(20)9-11-17/h4-11,18H,2-3,12-13H2,1H3/t18-/m0/s1. The van der Waals surface area contributed by atoms with Crippen LogP contribution in [-0.2, 0) is 26.2 Å². The number of carbonyl (C=O) groups excluding carboxylic acids is 1. The molecule has 2 aromatic rings. The van der Waals surface area contributed by atoms with Gasteiger partial charge in [-0.25, -0.2) is 12.8 Å². The van der Waals surface area contributed by atoms with E-state index in [9.17, 15) is 17.6 Å². The summed E-state index contributed by atoms with van der Waals surface area (Å²) in [6.45, 7) is 2.30. The molecule has 0 unspecified atom stereocenters. The van der Waals surface area contributed by atoms with Gasteiger partial charge in [0.05, 0.1) is 4.90 Å². The van der Waals surface area contributed by atoms with Crippen molar-refractivity contribution in [1.82, 2.24) is 4.31 Å². The molecule has 1 aliphatic heterocycles. The molecule has 0 spiro atoms. The minimum atomic E-state index is -3.87. The maximum absolute atomic E-state index is 13.1. The van der Waals surface area contributed by atoms with E-state index in [4.69, 9.17) is 4.74 Å². The van der Waals surface area contributed by atoms with Gasteiger partial charge in [-0.3, -0.25) is 4.79 Å². The zero-order valence-corrected chi connectivity index (χ0v) is 15.2. The topological polar surface area (TPSA) is 63.7 Å². The second-order valence-electron chi connectivity index (χ2n) is 6.32. The second-order valence-corrected chi connectivity index (χ2v) is 8.21. The number of hydrogen-bond acceptors (Lipinski definition) is 4. The van der Waals surface area contributed by atoms with Crippen molar-refractivity contribution in [2.75, 3.05) is 6.54 Å². The van der Waals surface area contributed by atoms with Crippen LogP contribution in [0, 0.1) is 12.7 Å². The summed E-state index contributed by atoms with van der Waals surface area (Å²) in [6.07, 6.45) is 0.984. The summed E-state index contributed by atoms with van der Waals surface area (Å²) in [5, 5.41) is 0. The van der Waals surface area contributed by atoms with E-state index in [1.165, 1.54) is 12.1 Å². The summed E-state index contributed by atoms with van der Waals surface area (Å²) in [6, 6.07) is 11.3. The summed E-state index contributed by atoms with van der Waals surface area (Å²) in [5.74, 6) is -1.08. The Morgan fingerprint density at radius 2 is 1.81 bits per heavy atom. The fraction of sp³-hybridized carbons (Fsp3) is 0.316. The Labute approximate surface area is 152 Å². The molecule has 0 N–H and O–H groups in total. The van der Waals surface area contributed by atoms with Crippen molar-refractivity contribution in [1.29, 1.82) is 0 Å². The normalized spacial score (nSPS) is 18.0. The van der Waals surface area contributed by atoms with Gasteiger partial charge in [-0.05, 0) is 49.6 Å². The maximum atomic E-state index is 13.1. The van der Waals surface area contributed by atoms with Gasteiger partial charge in [-0.15, -0.1) is 0 Å². The van der Waals surface area contributed by atoms with Gasteiger partial charge in [0, 0.05) is 6.54 Å². The van der Waals surface area contributed by atoms with Crippen LogP contribution in [0.4, 0.5) is 4.39 Å². The van der Waals surface area contributed by atoms with Crippen molar-refractivity contribution < 1.29 is 22.3 Å². The van der Waals surface area contributed by atoms with Crippen LogP contribution in [-0.4, -0.2) is 31.3 Å². The summed E-state index contributed by atoms with van der Waals surface area (Å²) >= 11 is 0. The molecule has 1 aliphatic rings. The number of aryl methyl sites for hydroxylation is 1. The lowest BCUT2D eigenvalue weighted by Crippen LogP contribution is -2.41. The third-order valence-corrected chi connectivity index (χ3v) is 6.32. The van der Waals surface area contributed by atoms with Gasteiger partial charge in [0.1, 0.15) is 18.5 Å². The Kier molecular flexibility index (Phi) is 5.38. The van der Waals surface area contributed by atoms with Gasteiger partial charge in [0.2, 0.25) is 10.0 Å². The van der Waals surface area contributed by atoms with Gasteiger partial charge in [-0.1, -0.05) is 29.8 Å². The van der Waals surface area contributed by atoms with Crippen LogP contribution in [0.15, 0.2) is 53.4 Å². The fourth-order valence-electron chi connectivity index (χ4n) is 2.94. The minimum absolute atomic E-state index is 0.0304. The summed E-state index contributed by atoms with van der Waals surface area (Å²) in [4.78, 5) is 12.4. The second kappa shape index (κ2) is 7.55. The van der Waals surface area contributed by atoms with Gasteiger partial charge in [0.15, 0.2) is 0 Å². The molecule has 0 amide bonds. The first-order valence-corrected chi connectivity index (χ1v) is 9.81. The minimum Gasteiger partial charge on any atom is -0.460 e. The number of halogens is 1. The van der Waals surface area contributed by atoms with E-state index in [1.54, 1.807) is 0 Å². The smallest absolute Gasteiger partial charge is 0.324 e. The van der Waals surface area contributed by atoms with Crippen LogP contribution in [0.25, 0.3) is 0 Å². The summed E-state index contributed by atoms with van der Waals surface area (Å²) in [5.41, 5.74) is 1.95. The number of hydrogen-bond donors (Lipinski definition) is 0. The maximum Gasteiger partial charge on any atom is 0.324 e. The van der Waals surface area contributed by atoms with Crippen LogP contribution >= 0.6 is 0 Å². The molecule has 5 nitrogen and oxygen atoms in total. The Hall–Kier alpha value is -2.25. The molecule has 2 aromatic carbocycles. The lowest BCUT2D eigenvalue weighted by atomic mass is 10.2. The Balaban J connectivity index is 1.71. The molecule has 0 radical (unpaired) electrons. The highest BCUT2D eigenvalue weighted by Crippen LogP contribution is 2.27. The third-order valence-electron chi connectivity index (χ3n) is 4.40. The van der Waals surface area contributed by atoms with Crippen LogP contribution in [0.2, 0.25) is 0 Å². The quantitative estimate of drug-likeness (QED) is 0.752. The lowest BCUT2D eigenvalue weighted by molar-refractivity contribution is -0.148. The van der Waals surface area contributed by atoms with E-state index in [0.29, 0.717) is 12.8 Å². The molecule has 1 fully saturated rings. The summed E-state index contributed by atoms with van der Waals surface area (Å²) in [7, 11) is -3.87. The number of carbonyl (C=O) groups is 1. The third kappa shape index (κ3) is 3.94. The van der Waals surface area contributed by atoms with E-state index in [2.05, 4.69) is 0 Å². The molecular weight excluding hydrogens is 357 g/mol. The van der Waals surface area contributed by atoms with Crippen molar-refractivity contribution >= 4 is 16.0 Å². The average molecular weight is 377 g/mol. The van der Waals surface area contributed by atoms with E-state index in [0.717, 1.165) is 27.6 Å². The average Bonchev–Trinajstić information content (AvgIpc) is 3.12. The number of rotatable bonds is 5. The molecule has 1 heterocycles. The van der Waals surface area contributed by atoms with Gasteiger partial charge in [-0.2, -0.15) is 4.31 Å². The largest absolute Gasteiger partial charge is 0.460 e. The molecule has 0 aromatic heterocycles. The zero-order valence-electron chi connectivity index (χ0n) is 14.4. The Bertz CT molecular complexity index is 879. The zero-order chi connectivity index (χ0) is 18.7. The molecular formula is C19H20FNO4S. The van der Waals surface area contributed by atoms with Crippen molar-refractivity contribution in [3.05, 3.63) is 65.5 Å². The first-order chi connectivity index (χ1) is 12.4. The predicted molar refractivity (Wildman–Crippen MR) is 94.3 cm³/mol. The number of sulfonamides is 1. The fourth-order valence-corrected chi connectivity index (χ4v) is 4.59. The van der Waals surface area contributed by atoms with E-state index < -0.39 is 27.9 Å². The van der Waals surface area contributed by atoms with Crippen LogP contribution in [0.3, 0.4) is 0 Å². The molecule has 26 heavy (non-hydrogen) atoms. The number of nitrogens with zero attached hydrogens (tertiary/aromatic N) is 1. The van der Waals surface area contributed by atoms with Crippen molar-refractivity contribution in [2.24, 2.45) is 0 Å². The van der Waals surface area contributed by atoms with E-state index in [-0.39, 0.29) is 18.0 Å². The molecule has 1 saturated heterocycles. The summed E-state index contributed by atoms with van der Waals surface area (Å²) < 4.78 is 45.1. The monoisotopic (exact) mass is 377 g/mol. The molecule has 0 aliphatic carbocycles. The lowest BCUT2D eigenvalue weighted by Gasteiger charge is -2.22. The van der Waals surface area contributed by atoms with E-state index in [1.807, 2.05) is 31.2 Å².